The van der Waals surface area contributed by atoms with Gasteiger partial charge in [-0.2, -0.15) is 0 Å². The van der Waals surface area contributed by atoms with Crippen molar-refractivity contribution in [1.29, 1.82) is 0 Å². The van der Waals surface area contributed by atoms with E-state index in [4.69, 9.17) is 4.74 Å². The lowest BCUT2D eigenvalue weighted by Gasteiger charge is -2.12. The van der Waals surface area contributed by atoms with Gasteiger partial charge in [0.15, 0.2) is 5.69 Å². The molecule has 28 heavy (non-hydrogen) atoms. The summed E-state index contributed by atoms with van der Waals surface area (Å²) in [5.74, 6) is -2.09. The number of nitrogens with one attached hydrogen (secondary N) is 1. The summed E-state index contributed by atoms with van der Waals surface area (Å²) >= 11 is 0. The normalized spacial score (nSPS) is 10.5. The molecule has 144 valence electrons. The third-order valence-electron chi connectivity index (χ3n) is 3.93. The molecule has 0 saturated heterocycles. The predicted molar refractivity (Wildman–Crippen MR) is 97.1 cm³/mol. The van der Waals surface area contributed by atoms with Crippen molar-refractivity contribution in [3.63, 3.8) is 0 Å². The number of anilines is 1. The lowest BCUT2D eigenvalue weighted by Crippen LogP contribution is -2.25. The van der Waals surface area contributed by atoms with Crippen LogP contribution in [0.4, 0.5) is 5.69 Å². The molecule has 0 aliphatic heterocycles. The van der Waals surface area contributed by atoms with Crippen LogP contribution in [0.5, 0.6) is 5.75 Å². The highest BCUT2D eigenvalue weighted by Crippen LogP contribution is 2.23. The molecule has 0 radical (unpaired) electrons. The molecule has 2 heterocycles. The Morgan fingerprint density at radius 2 is 2.04 bits per heavy atom. The molecular formula is C18H16N4O6. The van der Waals surface area contributed by atoms with Crippen LogP contribution < -0.4 is 10.9 Å². The SMILES string of the molecule is COC(=O)c1cc(C)cc(-c2nc(C(=O)Nc3cnoc3)c(O)c(=O)n2C)c1. The van der Waals surface area contributed by atoms with Gasteiger partial charge >= 0.3 is 5.97 Å². The maximum absolute atomic E-state index is 12.4. The van der Waals surface area contributed by atoms with Gasteiger partial charge in [-0.05, 0) is 30.7 Å². The lowest BCUT2D eigenvalue weighted by molar-refractivity contribution is 0.0600. The number of nitrogens with zero attached hydrogens (tertiary/aromatic N) is 3. The molecule has 0 aliphatic rings. The number of methoxy groups -OCH3 is 1. The molecule has 0 bridgehead atoms. The molecular weight excluding hydrogens is 368 g/mol. The molecule has 0 aliphatic carbocycles. The highest BCUT2D eigenvalue weighted by Gasteiger charge is 2.22. The fourth-order valence-corrected chi connectivity index (χ4v) is 2.61. The zero-order chi connectivity index (χ0) is 20.4. The van der Waals surface area contributed by atoms with E-state index in [9.17, 15) is 19.5 Å². The van der Waals surface area contributed by atoms with Crippen LogP contribution in [-0.2, 0) is 11.8 Å². The molecule has 2 aromatic heterocycles. The summed E-state index contributed by atoms with van der Waals surface area (Å²) in [5, 5.41) is 16.0. The van der Waals surface area contributed by atoms with Gasteiger partial charge in [-0.25, -0.2) is 9.78 Å². The number of benzene rings is 1. The predicted octanol–water partition coefficient (Wildman–Crippen LogP) is 1.49. The molecule has 10 nitrogen and oxygen atoms in total. The smallest absolute Gasteiger partial charge is 0.337 e. The summed E-state index contributed by atoms with van der Waals surface area (Å²) in [7, 11) is 2.65. The topological polar surface area (TPSA) is 137 Å². The number of ether oxygens (including phenoxy) is 1. The summed E-state index contributed by atoms with van der Waals surface area (Å²) in [6.45, 7) is 1.76. The highest BCUT2D eigenvalue weighted by molar-refractivity contribution is 6.04. The largest absolute Gasteiger partial charge is 0.501 e. The summed E-state index contributed by atoms with van der Waals surface area (Å²) in [6.07, 6.45) is 2.43. The van der Waals surface area contributed by atoms with E-state index in [1.165, 1.54) is 32.7 Å². The quantitative estimate of drug-likeness (QED) is 0.646. The fraction of sp³-hybridized carbons (Fsp3) is 0.167. The number of esters is 1. The Bertz CT molecular complexity index is 1120. The maximum atomic E-state index is 12.4. The van der Waals surface area contributed by atoms with Crippen LogP contribution in [0.3, 0.4) is 0 Å². The van der Waals surface area contributed by atoms with E-state index < -0.39 is 28.9 Å². The van der Waals surface area contributed by atoms with Crippen molar-refractivity contribution < 1.29 is 24.0 Å². The minimum absolute atomic E-state index is 0.0899. The van der Waals surface area contributed by atoms with Gasteiger partial charge in [0.25, 0.3) is 11.5 Å². The molecule has 0 saturated carbocycles. The summed E-state index contributed by atoms with van der Waals surface area (Å²) < 4.78 is 10.4. The summed E-state index contributed by atoms with van der Waals surface area (Å²) in [4.78, 5) is 40.9. The number of hydrogen-bond acceptors (Lipinski definition) is 8. The zero-order valence-corrected chi connectivity index (χ0v) is 15.2. The fourth-order valence-electron chi connectivity index (χ4n) is 2.61. The minimum Gasteiger partial charge on any atom is -0.501 e. The highest BCUT2D eigenvalue weighted by atomic mass is 16.5. The van der Waals surface area contributed by atoms with Gasteiger partial charge in [-0.1, -0.05) is 5.16 Å². The van der Waals surface area contributed by atoms with Gasteiger partial charge in [0.05, 0.1) is 18.9 Å². The third-order valence-corrected chi connectivity index (χ3v) is 3.93. The van der Waals surface area contributed by atoms with Gasteiger partial charge in [0.1, 0.15) is 17.8 Å². The number of rotatable bonds is 4. The number of carbonyl (C=O) groups is 2. The van der Waals surface area contributed by atoms with E-state index in [-0.39, 0.29) is 17.1 Å². The maximum Gasteiger partial charge on any atom is 0.337 e. The minimum atomic E-state index is -0.819. The molecule has 2 N–H and O–H groups in total. The van der Waals surface area contributed by atoms with E-state index in [0.29, 0.717) is 5.56 Å². The van der Waals surface area contributed by atoms with Crippen molar-refractivity contribution in [1.82, 2.24) is 14.7 Å². The number of aromatic hydroxyl groups is 1. The van der Waals surface area contributed by atoms with Crippen molar-refractivity contribution in [2.45, 2.75) is 6.92 Å². The molecule has 1 amide bonds. The average Bonchev–Trinajstić information content (AvgIpc) is 3.18. The Morgan fingerprint density at radius 1 is 1.29 bits per heavy atom. The number of aromatic nitrogens is 3. The van der Waals surface area contributed by atoms with Gasteiger partial charge in [0, 0.05) is 12.6 Å². The molecule has 10 heteroatoms. The van der Waals surface area contributed by atoms with Gasteiger partial charge in [-0.15, -0.1) is 0 Å². The van der Waals surface area contributed by atoms with Crippen LogP contribution in [0.2, 0.25) is 0 Å². The molecule has 3 rings (SSSR count). The van der Waals surface area contributed by atoms with E-state index in [1.807, 2.05) is 0 Å². The van der Waals surface area contributed by atoms with Crippen molar-refractivity contribution >= 4 is 17.6 Å². The van der Waals surface area contributed by atoms with E-state index in [0.717, 1.165) is 10.1 Å². The first kappa shape index (κ1) is 18.8. The molecule has 0 unspecified atom stereocenters. The first-order chi connectivity index (χ1) is 13.3. The second-order valence-corrected chi connectivity index (χ2v) is 5.94. The number of aryl methyl sites for hydroxylation is 1. The van der Waals surface area contributed by atoms with Crippen LogP contribution in [0.25, 0.3) is 11.4 Å². The Labute approximate surface area is 158 Å². The zero-order valence-electron chi connectivity index (χ0n) is 15.2. The number of hydrogen-bond donors (Lipinski definition) is 2. The first-order valence-electron chi connectivity index (χ1n) is 8.03. The number of amides is 1. The van der Waals surface area contributed by atoms with Crippen LogP contribution in [0.1, 0.15) is 26.4 Å². The number of carbonyl (C=O) groups excluding carboxylic acids is 2. The third kappa shape index (κ3) is 3.47. The standard InChI is InChI=1S/C18H16N4O6/c1-9-4-10(6-11(5-9)18(26)27-3)15-21-13(14(23)17(25)22(15)2)16(24)20-12-7-19-28-8-12/h4-8,23H,1-3H3,(H,20,24). The van der Waals surface area contributed by atoms with Gasteiger partial charge < -0.3 is 19.7 Å². The van der Waals surface area contributed by atoms with Crippen LogP contribution >= 0.6 is 0 Å². The van der Waals surface area contributed by atoms with Gasteiger partial charge in [0.2, 0.25) is 5.75 Å². The average molecular weight is 384 g/mol. The molecule has 0 atom stereocenters. The summed E-state index contributed by atoms with van der Waals surface area (Å²) in [6, 6.07) is 4.79. The van der Waals surface area contributed by atoms with Crippen molar-refractivity contribution in [3.05, 3.63) is 57.8 Å². The molecule has 3 aromatic rings. The van der Waals surface area contributed by atoms with E-state index >= 15 is 0 Å². The first-order valence-corrected chi connectivity index (χ1v) is 8.03. The Hall–Kier alpha value is -3.95. The molecule has 0 spiro atoms. The molecule has 0 fully saturated rings. The second-order valence-electron chi connectivity index (χ2n) is 5.94. The van der Waals surface area contributed by atoms with E-state index in [1.54, 1.807) is 19.1 Å². The lowest BCUT2D eigenvalue weighted by atomic mass is 10.1. The van der Waals surface area contributed by atoms with E-state index in [2.05, 4.69) is 20.0 Å². The second kappa shape index (κ2) is 7.35. The molecule has 1 aromatic carbocycles. The Balaban J connectivity index is 2.13. The Morgan fingerprint density at radius 3 is 2.68 bits per heavy atom. The Kier molecular flexibility index (Phi) is 4.94. The van der Waals surface area contributed by atoms with Crippen molar-refractivity contribution in [2.75, 3.05) is 12.4 Å². The van der Waals surface area contributed by atoms with Crippen molar-refractivity contribution in [2.24, 2.45) is 7.05 Å². The van der Waals surface area contributed by atoms with Crippen molar-refractivity contribution in [3.8, 4) is 17.1 Å². The monoisotopic (exact) mass is 384 g/mol. The summed E-state index contributed by atoms with van der Waals surface area (Å²) in [5.41, 5.74) is 0.323. The van der Waals surface area contributed by atoms with Crippen LogP contribution in [0.15, 0.2) is 40.0 Å². The van der Waals surface area contributed by atoms with Crippen LogP contribution in [0, 0.1) is 6.92 Å². The van der Waals surface area contributed by atoms with Gasteiger partial charge in [-0.3, -0.25) is 14.2 Å². The van der Waals surface area contributed by atoms with Crippen LogP contribution in [-0.4, -0.2) is 38.8 Å².